The van der Waals surface area contributed by atoms with E-state index in [4.69, 9.17) is 9.47 Å². The number of hydrogen-bond donors (Lipinski definition) is 0. The van der Waals surface area contributed by atoms with Crippen molar-refractivity contribution in [1.82, 2.24) is 0 Å². The molecule has 0 spiro atoms. The molecule has 1 amide bonds. The first kappa shape index (κ1) is 15.4. The fraction of sp³-hybridized carbons (Fsp3) is 0.200. The Morgan fingerprint density at radius 2 is 1.92 bits per heavy atom. The topological polar surface area (TPSA) is 55.8 Å². The van der Waals surface area contributed by atoms with Crippen LogP contribution in [0.5, 0.6) is 11.5 Å². The van der Waals surface area contributed by atoms with Gasteiger partial charge in [0.25, 0.3) is 0 Å². The number of fused-ring (bicyclic) bond motifs is 1. The number of carbonyl (C=O) groups excluding carboxylic acids is 2. The monoisotopic (exact) mass is 335 g/mol. The van der Waals surface area contributed by atoms with Gasteiger partial charge in [-0.15, -0.1) is 0 Å². The summed E-state index contributed by atoms with van der Waals surface area (Å²) in [5.41, 5.74) is 2.23. The highest BCUT2D eigenvalue weighted by Crippen LogP contribution is 2.36. The first-order chi connectivity index (χ1) is 12.2. The van der Waals surface area contributed by atoms with Crippen LogP contribution < -0.4 is 14.4 Å². The number of anilines is 1. The number of nitrogens with zero attached hydrogens (tertiary/aromatic N) is 1. The van der Waals surface area contributed by atoms with Crippen molar-refractivity contribution in [3.8, 4) is 11.5 Å². The summed E-state index contributed by atoms with van der Waals surface area (Å²) < 4.78 is 10.8. The summed E-state index contributed by atoms with van der Waals surface area (Å²) >= 11 is 0. The van der Waals surface area contributed by atoms with Gasteiger partial charge in [0, 0.05) is 29.8 Å². The van der Waals surface area contributed by atoms with E-state index in [1.54, 1.807) is 23.1 Å². The molecular formula is C20H17NO4. The Labute approximate surface area is 145 Å². The molecule has 25 heavy (non-hydrogen) atoms. The number of ether oxygens (including phenoxy) is 2. The number of ketones is 1. The maximum Gasteiger partial charge on any atom is 0.231 e. The fourth-order valence-corrected chi connectivity index (χ4v) is 3.07. The average Bonchev–Trinajstić information content (AvgIpc) is 3.28. The first-order valence-corrected chi connectivity index (χ1v) is 8.24. The van der Waals surface area contributed by atoms with Crippen LogP contribution in [0.2, 0.25) is 0 Å². The summed E-state index contributed by atoms with van der Waals surface area (Å²) in [4.78, 5) is 25.9. The molecule has 2 aliphatic rings. The Bertz CT molecular complexity index is 854. The number of benzene rings is 2. The summed E-state index contributed by atoms with van der Waals surface area (Å²) in [7, 11) is 0. The van der Waals surface area contributed by atoms with Gasteiger partial charge in [-0.1, -0.05) is 12.1 Å². The Hall–Kier alpha value is -3.08. The molecule has 0 N–H and O–H groups in total. The molecule has 0 bridgehead atoms. The Morgan fingerprint density at radius 3 is 2.68 bits per heavy atom. The number of rotatable bonds is 4. The van der Waals surface area contributed by atoms with E-state index in [1.165, 1.54) is 6.08 Å². The van der Waals surface area contributed by atoms with Gasteiger partial charge in [-0.05, 0) is 48.9 Å². The number of amides is 1. The van der Waals surface area contributed by atoms with Crippen molar-refractivity contribution in [2.75, 3.05) is 18.2 Å². The largest absolute Gasteiger partial charge is 0.454 e. The van der Waals surface area contributed by atoms with Crippen LogP contribution in [0.3, 0.4) is 0 Å². The van der Waals surface area contributed by atoms with Gasteiger partial charge in [0.15, 0.2) is 17.3 Å². The third-order valence-corrected chi connectivity index (χ3v) is 4.38. The second-order valence-corrected chi connectivity index (χ2v) is 5.97. The zero-order valence-corrected chi connectivity index (χ0v) is 13.6. The molecule has 0 saturated carbocycles. The van der Waals surface area contributed by atoms with Gasteiger partial charge < -0.3 is 14.4 Å². The van der Waals surface area contributed by atoms with Crippen molar-refractivity contribution in [2.24, 2.45) is 0 Å². The van der Waals surface area contributed by atoms with E-state index in [0.29, 0.717) is 23.5 Å². The molecule has 5 heteroatoms. The maximum absolute atomic E-state index is 12.4. The summed E-state index contributed by atoms with van der Waals surface area (Å²) in [6.45, 7) is 0.942. The van der Waals surface area contributed by atoms with Crippen LogP contribution in [0.25, 0.3) is 6.08 Å². The zero-order chi connectivity index (χ0) is 17.2. The van der Waals surface area contributed by atoms with E-state index in [2.05, 4.69) is 0 Å². The highest BCUT2D eigenvalue weighted by atomic mass is 16.7. The minimum Gasteiger partial charge on any atom is -0.454 e. The summed E-state index contributed by atoms with van der Waals surface area (Å²) in [5.74, 6) is 1.39. The lowest BCUT2D eigenvalue weighted by Gasteiger charge is -2.15. The predicted octanol–water partition coefficient (Wildman–Crippen LogP) is 3.44. The minimum atomic E-state index is -0.101. The maximum atomic E-state index is 12.4. The molecule has 0 aromatic heterocycles. The third kappa shape index (κ3) is 3.01. The number of carbonyl (C=O) groups is 2. The Balaban J connectivity index is 1.50. The minimum absolute atomic E-state index is 0.101. The molecule has 2 aromatic carbocycles. The average molecular weight is 335 g/mol. The van der Waals surface area contributed by atoms with Gasteiger partial charge in [-0.25, -0.2) is 0 Å². The van der Waals surface area contributed by atoms with Gasteiger partial charge in [0.2, 0.25) is 12.7 Å². The van der Waals surface area contributed by atoms with Gasteiger partial charge in [0.1, 0.15) is 0 Å². The molecule has 2 aromatic rings. The molecule has 5 nitrogen and oxygen atoms in total. The van der Waals surface area contributed by atoms with Crippen molar-refractivity contribution in [1.29, 1.82) is 0 Å². The second kappa shape index (κ2) is 6.43. The summed E-state index contributed by atoms with van der Waals surface area (Å²) in [6.07, 6.45) is 4.73. The number of allylic oxidation sites excluding steroid dienone is 1. The van der Waals surface area contributed by atoms with Gasteiger partial charge in [0.05, 0.1) is 0 Å². The van der Waals surface area contributed by atoms with Crippen LogP contribution >= 0.6 is 0 Å². The molecule has 4 rings (SSSR count). The van der Waals surface area contributed by atoms with Crippen LogP contribution in [-0.2, 0) is 4.79 Å². The standard InChI is InChI=1S/C20H17NO4/c22-17(11-8-15-3-1-4-18-20(15)25-13-24-18)14-6-9-16(10-7-14)21-12-2-5-19(21)23/h1,3-4,6-11H,2,5,12-13H2. The van der Waals surface area contributed by atoms with Crippen LogP contribution in [-0.4, -0.2) is 25.0 Å². The summed E-state index contributed by atoms with van der Waals surface area (Å²) in [5, 5.41) is 0. The SMILES string of the molecule is O=C(C=Cc1cccc2c1OCO2)c1ccc(N2CCCC2=O)cc1. The molecule has 2 aliphatic heterocycles. The van der Waals surface area contributed by atoms with Gasteiger partial charge in [-0.2, -0.15) is 0 Å². The Kier molecular flexibility index (Phi) is 3.98. The van der Waals surface area contributed by atoms with E-state index in [-0.39, 0.29) is 18.5 Å². The molecule has 1 fully saturated rings. The predicted molar refractivity (Wildman–Crippen MR) is 94.0 cm³/mol. The van der Waals surface area contributed by atoms with E-state index in [9.17, 15) is 9.59 Å². The van der Waals surface area contributed by atoms with Gasteiger partial charge in [-0.3, -0.25) is 9.59 Å². The fourth-order valence-electron chi connectivity index (χ4n) is 3.07. The van der Waals surface area contributed by atoms with E-state index in [1.807, 2.05) is 30.3 Å². The lowest BCUT2D eigenvalue weighted by Crippen LogP contribution is -2.23. The van der Waals surface area contributed by atoms with Crippen molar-refractivity contribution in [3.63, 3.8) is 0 Å². The van der Waals surface area contributed by atoms with Crippen molar-refractivity contribution in [2.45, 2.75) is 12.8 Å². The number of para-hydroxylation sites is 1. The van der Waals surface area contributed by atoms with Crippen LogP contribution in [0.15, 0.2) is 48.5 Å². The van der Waals surface area contributed by atoms with Gasteiger partial charge >= 0.3 is 0 Å². The van der Waals surface area contributed by atoms with Crippen LogP contribution in [0, 0.1) is 0 Å². The zero-order valence-electron chi connectivity index (χ0n) is 13.6. The molecule has 2 heterocycles. The third-order valence-electron chi connectivity index (χ3n) is 4.38. The van der Waals surface area contributed by atoms with Crippen molar-refractivity contribution < 1.29 is 19.1 Å². The van der Waals surface area contributed by atoms with E-state index in [0.717, 1.165) is 24.2 Å². The van der Waals surface area contributed by atoms with E-state index >= 15 is 0 Å². The number of hydrogen-bond acceptors (Lipinski definition) is 4. The second-order valence-electron chi connectivity index (χ2n) is 5.97. The van der Waals surface area contributed by atoms with Crippen LogP contribution in [0.4, 0.5) is 5.69 Å². The van der Waals surface area contributed by atoms with Crippen molar-refractivity contribution in [3.05, 3.63) is 59.7 Å². The normalized spacial score (nSPS) is 16.0. The highest BCUT2D eigenvalue weighted by molar-refractivity contribution is 6.07. The van der Waals surface area contributed by atoms with Crippen molar-refractivity contribution >= 4 is 23.5 Å². The van der Waals surface area contributed by atoms with E-state index < -0.39 is 0 Å². The molecule has 0 atom stereocenters. The highest BCUT2D eigenvalue weighted by Gasteiger charge is 2.21. The molecule has 0 radical (unpaired) electrons. The molecule has 0 unspecified atom stereocenters. The quantitative estimate of drug-likeness (QED) is 0.634. The molecule has 126 valence electrons. The molecule has 0 aliphatic carbocycles. The lowest BCUT2D eigenvalue weighted by molar-refractivity contribution is -0.117. The summed E-state index contributed by atoms with van der Waals surface area (Å²) in [6, 6.07) is 12.7. The smallest absolute Gasteiger partial charge is 0.231 e. The Morgan fingerprint density at radius 1 is 1.08 bits per heavy atom. The first-order valence-electron chi connectivity index (χ1n) is 8.24. The molecule has 1 saturated heterocycles. The van der Waals surface area contributed by atoms with Crippen LogP contribution in [0.1, 0.15) is 28.8 Å². The molecular weight excluding hydrogens is 318 g/mol. The lowest BCUT2D eigenvalue weighted by atomic mass is 10.1.